The van der Waals surface area contributed by atoms with Crippen molar-refractivity contribution in [1.29, 1.82) is 0 Å². The molecule has 0 radical (unpaired) electrons. The lowest BCUT2D eigenvalue weighted by Crippen LogP contribution is -2.33. The summed E-state index contributed by atoms with van der Waals surface area (Å²) in [6.07, 6.45) is 2.41. The minimum absolute atomic E-state index is 0.134. The smallest absolute Gasteiger partial charge is 0.280 e. The maximum absolute atomic E-state index is 12.8. The number of hydroxylamine groups is 1. The molecule has 1 amide bonds. The Morgan fingerprint density at radius 1 is 1.21 bits per heavy atom. The number of pyridine rings is 1. The highest BCUT2D eigenvalue weighted by molar-refractivity contribution is 5.79. The number of carbonyl (C=O) groups excluding carboxylic acids is 1. The van der Waals surface area contributed by atoms with Gasteiger partial charge < -0.3 is 0 Å². The molecule has 0 fully saturated rings. The Labute approximate surface area is 138 Å². The molecule has 7 nitrogen and oxygen atoms in total. The van der Waals surface area contributed by atoms with E-state index in [0.717, 1.165) is 6.42 Å². The minimum Gasteiger partial charge on any atom is -0.280 e. The van der Waals surface area contributed by atoms with Gasteiger partial charge in [-0.1, -0.05) is 25.1 Å². The van der Waals surface area contributed by atoms with Crippen molar-refractivity contribution in [3.8, 4) is 5.69 Å². The van der Waals surface area contributed by atoms with E-state index >= 15 is 0 Å². The van der Waals surface area contributed by atoms with Crippen LogP contribution < -0.4 is 11.2 Å². The fourth-order valence-corrected chi connectivity index (χ4v) is 2.46. The van der Waals surface area contributed by atoms with E-state index in [-0.39, 0.29) is 18.1 Å². The number of amides is 1. The van der Waals surface area contributed by atoms with Crippen LogP contribution >= 0.6 is 0 Å². The van der Waals surface area contributed by atoms with Crippen LogP contribution in [0.3, 0.4) is 0 Å². The van der Waals surface area contributed by atoms with Gasteiger partial charge in [0.2, 0.25) is 0 Å². The molecule has 0 aliphatic carbocycles. The molecular weight excluding hydrogens is 308 g/mol. The number of hydrogen-bond acceptors (Lipinski definition) is 4. The molecule has 0 bridgehead atoms. The zero-order chi connectivity index (χ0) is 16.9. The molecule has 0 atom stereocenters. The molecule has 2 aromatic heterocycles. The largest absolute Gasteiger partial charge is 0.335 e. The van der Waals surface area contributed by atoms with Crippen LogP contribution in [0.4, 0.5) is 0 Å². The van der Waals surface area contributed by atoms with E-state index < -0.39 is 0 Å². The van der Waals surface area contributed by atoms with Crippen molar-refractivity contribution in [3.05, 3.63) is 59.1 Å². The number of fused-ring (bicyclic) bond motifs is 1. The molecule has 2 heterocycles. The predicted octanol–water partition coefficient (Wildman–Crippen LogP) is 1.64. The van der Waals surface area contributed by atoms with Crippen LogP contribution in [0.25, 0.3) is 16.9 Å². The topological polar surface area (TPSA) is 78.1 Å². The summed E-state index contributed by atoms with van der Waals surface area (Å²) in [6.45, 7) is 2.23. The van der Waals surface area contributed by atoms with Gasteiger partial charge in [0, 0.05) is 6.20 Å². The number of hydrogen-bond donors (Lipinski definition) is 1. The predicted molar refractivity (Wildman–Crippen MR) is 89.7 cm³/mol. The molecule has 7 heteroatoms. The van der Waals surface area contributed by atoms with E-state index in [2.05, 4.69) is 10.5 Å². The summed E-state index contributed by atoms with van der Waals surface area (Å²) in [5.41, 5.74) is 3.83. The SMILES string of the molecule is CCCONC(=O)Cn1c(=O)n(-c2ccccc2)c2ncccc21. The van der Waals surface area contributed by atoms with Crippen LogP contribution in [0.15, 0.2) is 53.5 Å². The number of para-hydroxylation sites is 1. The normalized spacial score (nSPS) is 10.9. The molecule has 1 N–H and O–H groups in total. The Kier molecular flexibility index (Phi) is 4.72. The Balaban J connectivity index is 2.02. The van der Waals surface area contributed by atoms with E-state index in [0.29, 0.717) is 23.5 Å². The van der Waals surface area contributed by atoms with Crippen LogP contribution in [0.5, 0.6) is 0 Å². The summed E-state index contributed by atoms with van der Waals surface area (Å²) in [5.74, 6) is -0.387. The van der Waals surface area contributed by atoms with Crippen molar-refractivity contribution in [1.82, 2.24) is 19.6 Å². The van der Waals surface area contributed by atoms with Crippen molar-refractivity contribution in [2.45, 2.75) is 19.9 Å². The lowest BCUT2D eigenvalue weighted by Gasteiger charge is -2.05. The van der Waals surface area contributed by atoms with Crippen molar-refractivity contribution >= 4 is 17.1 Å². The van der Waals surface area contributed by atoms with Gasteiger partial charge in [0.25, 0.3) is 5.91 Å². The fourth-order valence-electron chi connectivity index (χ4n) is 2.46. The maximum atomic E-state index is 12.8. The summed E-state index contributed by atoms with van der Waals surface area (Å²) in [7, 11) is 0. The third-order valence-electron chi connectivity index (χ3n) is 3.50. The van der Waals surface area contributed by atoms with Gasteiger partial charge in [-0.15, -0.1) is 0 Å². The van der Waals surface area contributed by atoms with Crippen LogP contribution in [-0.4, -0.2) is 26.6 Å². The zero-order valence-corrected chi connectivity index (χ0v) is 13.3. The van der Waals surface area contributed by atoms with Crippen molar-refractivity contribution in [2.24, 2.45) is 0 Å². The van der Waals surface area contributed by atoms with E-state index in [1.165, 1.54) is 9.13 Å². The van der Waals surface area contributed by atoms with E-state index in [9.17, 15) is 9.59 Å². The van der Waals surface area contributed by atoms with Crippen molar-refractivity contribution < 1.29 is 9.63 Å². The third kappa shape index (κ3) is 3.07. The van der Waals surface area contributed by atoms with Gasteiger partial charge >= 0.3 is 5.69 Å². The first-order chi connectivity index (χ1) is 11.7. The molecule has 0 saturated carbocycles. The molecule has 3 aromatic rings. The monoisotopic (exact) mass is 326 g/mol. The summed E-state index contributed by atoms with van der Waals surface area (Å²) < 4.78 is 2.88. The first-order valence-electron chi connectivity index (χ1n) is 7.74. The first kappa shape index (κ1) is 15.9. The van der Waals surface area contributed by atoms with Gasteiger partial charge in [0.15, 0.2) is 5.65 Å². The van der Waals surface area contributed by atoms with Crippen LogP contribution in [0.1, 0.15) is 13.3 Å². The number of aromatic nitrogens is 3. The molecule has 0 aliphatic rings. The molecule has 0 saturated heterocycles. The molecule has 0 spiro atoms. The number of nitrogens with one attached hydrogen (secondary N) is 1. The standard InChI is InChI=1S/C17H18N4O3/c1-2-11-24-19-15(22)12-20-14-9-6-10-18-16(14)21(17(20)23)13-7-4-3-5-8-13/h3-10H,2,11-12H2,1H3,(H,19,22). The third-order valence-corrected chi connectivity index (χ3v) is 3.50. The Morgan fingerprint density at radius 2 is 2.00 bits per heavy atom. The number of carbonyl (C=O) groups is 1. The lowest BCUT2D eigenvalue weighted by atomic mass is 10.3. The van der Waals surface area contributed by atoms with Gasteiger partial charge in [0.05, 0.1) is 17.8 Å². The van der Waals surface area contributed by atoms with Crippen LogP contribution in [0, 0.1) is 0 Å². The molecular formula is C17H18N4O3. The number of imidazole rings is 1. The second-order valence-electron chi connectivity index (χ2n) is 5.26. The summed E-state index contributed by atoms with van der Waals surface area (Å²) in [6, 6.07) is 12.7. The Morgan fingerprint density at radius 3 is 2.75 bits per heavy atom. The lowest BCUT2D eigenvalue weighted by molar-refractivity contribution is -0.134. The Bertz CT molecular complexity index is 899. The molecule has 0 aliphatic heterocycles. The number of nitrogens with zero attached hydrogens (tertiary/aromatic N) is 3. The van der Waals surface area contributed by atoms with E-state index in [1.807, 2.05) is 37.3 Å². The quantitative estimate of drug-likeness (QED) is 0.552. The number of rotatable bonds is 6. The average molecular weight is 326 g/mol. The minimum atomic E-state index is -0.387. The second-order valence-corrected chi connectivity index (χ2v) is 5.26. The molecule has 124 valence electrons. The van der Waals surface area contributed by atoms with Crippen molar-refractivity contribution in [3.63, 3.8) is 0 Å². The fraction of sp³-hybridized carbons (Fsp3) is 0.235. The molecule has 0 unspecified atom stereocenters. The second kappa shape index (κ2) is 7.10. The zero-order valence-electron chi connectivity index (χ0n) is 13.3. The molecule has 1 aromatic carbocycles. The average Bonchev–Trinajstić information content (AvgIpc) is 2.88. The van der Waals surface area contributed by atoms with Crippen LogP contribution in [-0.2, 0) is 16.2 Å². The molecule has 24 heavy (non-hydrogen) atoms. The Hall–Kier alpha value is -2.93. The molecule has 3 rings (SSSR count). The summed E-state index contributed by atoms with van der Waals surface area (Å²) in [4.78, 5) is 34.1. The summed E-state index contributed by atoms with van der Waals surface area (Å²) in [5, 5.41) is 0. The van der Waals surface area contributed by atoms with Gasteiger partial charge in [-0.3, -0.25) is 14.2 Å². The van der Waals surface area contributed by atoms with E-state index in [4.69, 9.17) is 4.84 Å². The highest BCUT2D eigenvalue weighted by Gasteiger charge is 2.17. The van der Waals surface area contributed by atoms with Gasteiger partial charge in [-0.2, -0.15) is 0 Å². The number of benzene rings is 1. The van der Waals surface area contributed by atoms with Gasteiger partial charge in [-0.05, 0) is 30.7 Å². The summed E-state index contributed by atoms with van der Waals surface area (Å²) >= 11 is 0. The maximum Gasteiger partial charge on any atom is 0.335 e. The highest BCUT2D eigenvalue weighted by atomic mass is 16.6. The van der Waals surface area contributed by atoms with Gasteiger partial charge in [0.1, 0.15) is 6.54 Å². The van der Waals surface area contributed by atoms with Gasteiger partial charge in [-0.25, -0.2) is 19.8 Å². The highest BCUT2D eigenvalue weighted by Crippen LogP contribution is 2.15. The first-order valence-corrected chi connectivity index (χ1v) is 7.74. The van der Waals surface area contributed by atoms with E-state index in [1.54, 1.807) is 18.3 Å². The van der Waals surface area contributed by atoms with Crippen molar-refractivity contribution in [2.75, 3.05) is 6.61 Å². The van der Waals surface area contributed by atoms with Crippen LogP contribution in [0.2, 0.25) is 0 Å².